The van der Waals surface area contributed by atoms with E-state index in [1.165, 1.54) is 12.0 Å². The highest BCUT2D eigenvalue weighted by molar-refractivity contribution is 6.42. The Balaban J connectivity index is 1.79. The lowest BCUT2D eigenvalue weighted by Crippen LogP contribution is -2.21. The van der Waals surface area contributed by atoms with E-state index >= 15 is 0 Å². The molecule has 3 rings (SSSR count). The Morgan fingerprint density at radius 1 is 1.33 bits per heavy atom. The summed E-state index contributed by atoms with van der Waals surface area (Å²) < 4.78 is 0. The molecule has 142 valence electrons. The molecule has 1 aliphatic rings. The van der Waals surface area contributed by atoms with Crippen LogP contribution in [-0.2, 0) is 6.54 Å². The maximum absolute atomic E-state index is 12.4. The van der Waals surface area contributed by atoms with E-state index in [-0.39, 0.29) is 5.56 Å². The van der Waals surface area contributed by atoms with E-state index in [1.807, 2.05) is 6.07 Å². The second-order valence-electron chi connectivity index (χ2n) is 6.39. The van der Waals surface area contributed by atoms with Gasteiger partial charge in [-0.15, -0.1) is 0 Å². The quantitative estimate of drug-likeness (QED) is 0.399. The van der Waals surface area contributed by atoms with Gasteiger partial charge >= 0.3 is 0 Å². The van der Waals surface area contributed by atoms with Crippen molar-refractivity contribution in [3.8, 4) is 0 Å². The molecule has 0 aliphatic heterocycles. The maximum Gasteiger partial charge on any atom is 0.276 e. The molecule has 0 radical (unpaired) electrons. The summed E-state index contributed by atoms with van der Waals surface area (Å²) in [5.41, 5.74) is 2.91. The van der Waals surface area contributed by atoms with Crippen LogP contribution in [0.4, 0.5) is 11.6 Å². The van der Waals surface area contributed by atoms with Crippen LogP contribution < -0.4 is 16.2 Å². The van der Waals surface area contributed by atoms with E-state index in [1.54, 1.807) is 19.2 Å². The Labute approximate surface area is 167 Å². The number of rotatable bonds is 7. The zero-order valence-corrected chi connectivity index (χ0v) is 16.5. The highest BCUT2D eigenvalue weighted by Gasteiger charge is 2.15. The van der Waals surface area contributed by atoms with E-state index in [9.17, 15) is 4.79 Å². The summed E-state index contributed by atoms with van der Waals surface area (Å²) in [4.78, 5) is 19.5. The van der Waals surface area contributed by atoms with Gasteiger partial charge in [0.2, 0.25) is 5.95 Å². The third-order valence-corrected chi connectivity index (χ3v) is 5.23. The first-order valence-corrected chi connectivity index (χ1v) is 9.49. The molecular formula is C19H21Cl2N5O. The van der Waals surface area contributed by atoms with Gasteiger partial charge in [0.1, 0.15) is 11.4 Å². The molecule has 27 heavy (non-hydrogen) atoms. The smallest absolute Gasteiger partial charge is 0.276 e. The summed E-state index contributed by atoms with van der Waals surface area (Å²) in [5, 5.41) is 15.2. The summed E-state index contributed by atoms with van der Waals surface area (Å²) in [6.45, 7) is 0.412. The van der Waals surface area contributed by atoms with E-state index in [0.29, 0.717) is 46.1 Å². The van der Waals surface area contributed by atoms with Gasteiger partial charge in [0, 0.05) is 20.0 Å². The van der Waals surface area contributed by atoms with Crippen molar-refractivity contribution >= 4 is 40.5 Å². The van der Waals surface area contributed by atoms with Crippen LogP contribution in [0.25, 0.3) is 0 Å². The number of allylic oxidation sites excluding steroid dienone is 2. The fourth-order valence-corrected chi connectivity index (χ4v) is 3.09. The average Bonchev–Trinajstić information content (AvgIpc) is 2.60. The standard InChI is InChI=1S/C19H21Cl2N5O/c1-23-17-16(15(22)8-6-11-3-2-4-11)25-19(26-18(17)27)24-10-12-5-7-13(20)14(21)9-12/h5-7,9,22-23H,2-4,8,10H2,1H3,(H2,24,25,26,27). The molecule has 1 aliphatic carbocycles. The van der Waals surface area contributed by atoms with E-state index in [2.05, 4.69) is 26.7 Å². The van der Waals surface area contributed by atoms with E-state index in [0.717, 1.165) is 18.4 Å². The van der Waals surface area contributed by atoms with E-state index in [4.69, 9.17) is 28.6 Å². The van der Waals surface area contributed by atoms with Gasteiger partial charge in [-0.2, -0.15) is 0 Å². The van der Waals surface area contributed by atoms with Crippen LogP contribution in [0.1, 0.15) is 36.9 Å². The average molecular weight is 406 g/mol. The molecule has 4 N–H and O–H groups in total. The third-order valence-electron chi connectivity index (χ3n) is 4.49. The molecule has 1 heterocycles. The normalized spacial score (nSPS) is 13.1. The number of nitrogens with one attached hydrogen (secondary N) is 4. The predicted molar refractivity (Wildman–Crippen MR) is 112 cm³/mol. The number of hydrogen-bond acceptors (Lipinski definition) is 5. The molecule has 2 aromatic rings. The monoisotopic (exact) mass is 405 g/mol. The molecule has 1 fully saturated rings. The lowest BCUT2D eigenvalue weighted by Gasteiger charge is -2.16. The zero-order chi connectivity index (χ0) is 19.4. The minimum atomic E-state index is -0.319. The highest BCUT2D eigenvalue weighted by atomic mass is 35.5. The Morgan fingerprint density at radius 2 is 2.11 bits per heavy atom. The first-order chi connectivity index (χ1) is 13.0. The first kappa shape index (κ1) is 19.5. The number of H-pyrrole nitrogens is 1. The van der Waals surface area contributed by atoms with Crippen molar-refractivity contribution in [1.82, 2.24) is 9.97 Å². The Bertz CT molecular complexity index is 946. The number of nitrogens with zero attached hydrogens (tertiary/aromatic N) is 1. The van der Waals surface area contributed by atoms with Gasteiger partial charge in [0.05, 0.1) is 15.8 Å². The number of halogens is 2. The molecule has 0 unspecified atom stereocenters. The topological polar surface area (TPSA) is 93.7 Å². The molecule has 0 amide bonds. The van der Waals surface area contributed by atoms with Crippen molar-refractivity contribution in [3.05, 3.63) is 61.5 Å². The van der Waals surface area contributed by atoms with Crippen LogP contribution in [0.5, 0.6) is 0 Å². The number of benzene rings is 1. The van der Waals surface area contributed by atoms with Gasteiger partial charge in [0.15, 0.2) is 0 Å². The van der Waals surface area contributed by atoms with Crippen molar-refractivity contribution in [1.29, 1.82) is 5.41 Å². The highest BCUT2D eigenvalue weighted by Crippen LogP contribution is 2.26. The third kappa shape index (κ3) is 4.70. The Hall–Kier alpha value is -2.31. The van der Waals surface area contributed by atoms with Crippen LogP contribution in [-0.4, -0.2) is 22.7 Å². The zero-order valence-electron chi connectivity index (χ0n) is 15.0. The fraction of sp³-hybridized carbons (Fsp3) is 0.316. The summed E-state index contributed by atoms with van der Waals surface area (Å²) in [7, 11) is 1.65. The molecule has 0 bridgehead atoms. The van der Waals surface area contributed by atoms with E-state index < -0.39 is 0 Å². The summed E-state index contributed by atoms with van der Waals surface area (Å²) in [5.74, 6) is 0.307. The SMILES string of the molecule is CNc1c(C(=N)CC=C2CCC2)nc(NCc2ccc(Cl)c(Cl)c2)[nH]c1=O. The van der Waals surface area contributed by atoms with Gasteiger partial charge in [-0.05, 0) is 37.0 Å². The number of aromatic nitrogens is 2. The molecule has 1 saturated carbocycles. The van der Waals surface area contributed by atoms with Gasteiger partial charge in [-0.3, -0.25) is 9.78 Å². The van der Waals surface area contributed by atoms with Crippen molar-refractivity contribution in [2.75, 3.05) is 17.7 Å². The van der Waals surface area contributed by atoms with Gasteiger partial charge in [-0.1, -0.05) is 40.9 Å². The molecule has 0 saturated heterocycles. The van der Waals surface area contributed by atoms with Crippen LogP contribution in [0, 0.1) is 5.41 Å². The Morgan fingerprint density at radius 3 is 2.74 bits per heavy atom. The van der Waals surface area contributed by atoms with Crippen molar-refractivity contribution in [3.63, 3.8) is 0 Å². The van der Waals surface area contributed by atoms with Gasteiger partial charge in [-0.25, -0.2) is 4.98 Å². The van der Waals surface area contributed by atoms with Crippen LogP contribution in [0.2, 0.25) is 10.0 Å². The molecule has 8 heteroatoms. The molecule has 1 aromatic carbocycles. The van der Waals surface area contributed by atoms with Gasteiger partial charge < -0.3 is 16.0 Å². The summed E-state index contributed by atoms with van der Waals surface area (Å²) >= 11 is 12.0. The predicted octanol–water partition coefficient (Wildman–Crippen LogP) is 4.60. The maximum atomic E-state index is 12.4. The summed E-state index contributed by atoms with van der Waals surface area (Å²) in [6.07, 6.45) is 5.95. The van der Waals surface area contributed by atoms with Gasteiger partial charge in [0.25, 0.3) is 5.56 Å². The number of anilines is 2. The second-order valence-corrected chi connectivity index (χ2v) is 7.20. The lowest BCUT2D eigenvalue weighted by molar-refractivity contribution is 0.659. The van der Waals surface area contributed by atoms with Crippen LogP contribution in [0.3, 0.4) is 0 Å². The lowest BCUT2D eigenvalue weighted by atomic mass is 9.91. The minimum Gasteiger partial charge on any atom is -0.382 e. The van der Waals surface area contributed by atoms with Crippen molar-refractivity contribution in [2.24, 2.45) is 0 Å². The largest absolute Gasteiger partial charge is 0.382 e. The van der Waals surface area contributed by atoms with Crippen LogP contribution in [0.15, 0.2) is 34.6 Å². The molecule has 6 nitrogen and oxygen atoms in total. The summed E-state index contributed by atoms with van der Waals surface area (Å²) in [6, 6.07) is 5.32. The Kier molecular flexibility index (Phi) is 6.19. The second kappa shape index (κ2) is 8.59. The molecule has 1 aromatic heterocycles. The number of hydrogen-bond donors (Lipinski definition) is 4. The van der Waals surface area contributed by atoms with Crippen molar-refractivity contribution < 1.29 is 0 Å². The van der Waals surface area contributed by atoms with Crippen molar-refractivity contribution in [2.45, 2.75) is 32.2 Å². The molecule has 0 atom stereocenters. The minimum absolute atomic E-state index is 0.298. The molecular weight excluding hydrogens is 385 g/mol. The first-order valence-electron chi connectivity index (χ1n) is 8.73. The van der Waals surface area contributed by atoms with Crippen LogP contribution >= 0.6 is 23.2 Å². The molecule has 0 spiro atoms. The fourth-order valence-electron chi connectivity index (χ4n) is 2.77. The number of aromatic amines is 1.